The van der Waals surface area contributed by atoms with Gasteiger partial charge in [0.1, 0.15) is 6.29 Å². The van der Waals surface area contributed by atoms with Crippen LogP contribution >= 0.6 is 0 Å². The zero-order valence-electron chi connectivity index (χ0n) is 7.89. The maximum Gasteiger partial charge on any atom is 0.122 e. The standard InChI is InChI=1S/C9H18O2/c1-5-9(2,3)8(11-4)6-7-10/h7-8H,5-6H2,1-4H3. The van der Waals surface area contributed by atoms with E-state index in [1.54, 1.807) is 7.11 Å². The SMILES string of the molecule is CCC(C)(C)C(CC=O)OC. The van der Waals surface area contributed by atoms with Crippen LogP contribution in [-0.2, 0) is 9.53 Å². The molecule has 66 valence electrons. The summed E-state index contributed by atoms with van der Waals surface area (Å²) in [6.07, 6.45) is 2.51. The summed E-state index contributed by atoms with van der Waals surface area (Å²) in [6.45, 7) is 6.34. The first kappa shape index (κ1) is 10.6. The highest BCUT2D eigenvalue weighted by atomic mass is 16.5. The van der Waals surface area contributed by atoms with Crippen molar-refractivity contribution < 1.29 is 9.53 Å². The minimum absolute atomic E-state index is 0.0602. The van der Waals surface area contributed by atoms with Gasteiger partial charge in [-0.15, -0.1) is 0 Å². The molecule has 0 spiro atoms. The Morgan fingerprint density at radius 1 is 1.55 bits per heavy atom. The predicted molar refractivity (Wildman–Crippen MR) is 45.6 cm³/mol. The minimum atomic E-state index is 0.0602. The van der Waals surface area contributed by atoms with Gasteiger partial charge < -0.3 is 9.53 Å². The van der Waals surface area contributed by atoms with Gasteiger partial charge in [-0.25, -0.2) is 0 Å². The van der Waals surface area contributed by atoms with Crippen molar-refractivity contribution in [3.63, 3.8) is 0 Å². The Morgan fingerprint density at radius 3 is 2.36 bits per heavy atom. The van der Waals surface area contributed by atoms with Gasteiger partial charge in [-0.05, 0) is 11.8 Å². The normalized spacial score (nSPS) is 14.5. The fourth-order valence-electron chi connectivity index (χ4n) is 1.05. The molecule has 0 heterocycles. The molecule has 0 aromatic rings. The molecule has 0 saturated carbocycles. The molecule has 0 fully saturated rings. The Bertz CT molecular complexity index is 119. The molecule has 0 bridgehead atoms. The predicted octanol–water partition coefficient (Wildman–Crippen LogP) is 2.03. The van der Waals surface area contributed by atoms with Crippen LogP contribution in [0, 0.1) is 5.41 Å². The summed E-state index contributed by atoms with van der Waals surface area (Å²) < 4.78 is 5.22. The van der Waals surface area contributed by atoms with Crippen molar-refractivity contribution in [3.05, 3.63) is 0 Å². The lowest BCUT2D eigenvalue weighted by atomic mass is 9.82. The van der Waals surface area contributed by atoms with Gasteiger partial charge in [0.2, 0.25) is 0 Å². The maximum absolute atomic E-state index is 10.3. The molecule has 0 aliphatic heterocycles. The average Bonchev–Trinajstić information content (AvgIpc) is 2.00. The molecule has 0 amide bonds. The summed E-state index contributed by atoms with van der Waals surface area (Å²) in [7, 11) is 1.66. The average molecular weight is 158 g/mol. The molecule has 0 rings (SSSR count). The topological polar surface area (TPSA) is 26.3 Å². The van der Waals surface area contributed by atoms with Crippen LogP contribution in [0.1, 0.15) is 33.6 Å². The molecule has 2 heteroatoms. The van der Waals surface area contributed by atoms with E-state index in [-0.39, 0.29) is 11.5 Å². The van der Waals surface area contributed by atoms with Gasteiger partial charge in [0.05, 0.1) is 6.10 Å². The number of hydrogen-bond donors (Lipinski definition) is 0. The Labute approximate surface area is 68.9 Å². The molecule has 0 aliphatic carbocycles. The lowest BCUT2D eigenvalue weighted by Gasteiger charge is -2.30. The van der Waals surface area contributed by atoms with Crippen LogP contribution in [-0.4, -0.2) is 19.5 Å². The Morgan fingerprint density at radius 2 is 2.09 bits per heavy atom. The van der Waals surface area contributed by atoms with Crippen LogP contribution in [0.15, 0.2) is 0 Å². The molecule has 0 N–H and O–H groups in total. The molecule has 1 unspecified atom stereocenters. The summed E-state index contributed by atoms with van der Waals surface area (Å²) in [5.41, 5.74) is 0.107. The second kappa shape index (κ2) is 4.50. The summed E-state index contributed by atoms with van der Waals surface area (Å²) in [5, 5.41) is 0. The third kappa shape index (κ3) is 3.02. The highest BCUT2D eigenvalue weighted by Gasteiger charge is 2.26. The largest absolute Gasteiger partial charge is 0.380 e. The Balaban J connectivity index is 4.10. The molecule has 1 atom stereocenters. The summed E-state index contributed by atoms with van der Waals surface area (Å²) in [4.78, 5) is 10.3. The first-order chi connectivity index (χ1) is 5.08. The van der Waals surface area contributed by atoms with Crippen molar-refractivity contribution in [1.82, 2.24) is 0 Å². The van der Waals surface area contributed by atoms with Crippen LogP contribution in [0.2, 0.25) is 0 Å². The second-order valence-corrected chi connectivity index (χ2v) is 3.47. The monoisotopic (exact) mass is 158 g/mol. The van der Waals surface area contributed by atoms with Crippen molar-refractivity contribution >= 4 is 6.29 Å². The maximum atomic E-state index is 10.3. The van der Waals surface area contributed by atoms with Gasteiger partial charge >= 0.3 is 0 Å². The van der Waals surface area contributed by atoms with Crippen LogP contribution in [0.25, 0.3) is 0 Å². The van der Waals surface area contributed by atoms with Crippen molar-refractivity contribution in [3.8, 4) is 0 Å². The number of ether oxygens (including phenoxy) is 1. The molecular formula is C9H18O2. The fraction of sp³-hybridized carbons (Fsp3) is 0.889. The van der Waals surface area contributed by atoms with E-state index < -0.39 is 0 Å². The molecular weight excluding hydrogens is 140 g/mol. The number of methoxy groups -OCH3 is 1. The van der Waals surface area contributed by atoms with E-state index in [0.29, 0.717) is 6.42 Å². The van der Waals surface area contributed by atoms with Crippen molar-refractivity contribution in [2.75, 3.05) is 7.11 Å². The molecule has 0 radical (unpaired) electrons. The van der Waals surface area contributed by atoms with Crippen LogP contribution in [0.4, 0.5) is 0 Å². The molecule has 11 heavy (non-hydrogen) atoms. The van der Waals surface area contributed by atoms with E-state index in [1.807, 2.05) is 0 Å². The van der Waals surface area contributed by atoms with E-state index in [4.69, 9.17) is 4.74 Å². The second-order valence-electron chi connectivity index (χ2n) is 3.47. The fourth-order valence-corrected chi connectivity index (χ4v) is 1.05. The number of carbonyl (C=O) groups is 1. The zero-order valence-corrected chi connectivity index (χ0v) is 7.89. The third-order valence-electron chi connectivity index (χ3n) is 2.38. The summed E-state index contributed by atoms with van der Waals surface area (Å²) >= 11 is 0. The van der Waals surface area contributed by atoms with Crippen LogP contribution in [0.3, 0.4) is 0 Å². The van der Waals surface area contributed by atoms with E-state index in [2.05, 4.69) is 20.8 Å². The lowest BCUT2D eigenvalue weighted by Crippen LogP contribution is -2.30. The summed E-state index contributed by atoms with van der Waals surface area (Å²) in [5.74, 6) is 0. The van der Waals surface area contributed by atoms with E-state index in [1.165, 1.54) is 0 Å². The van der Waals surface area contributed by atoms with Crippen molar-refractivity contribution in [2.45, 2.75) is 39.7 Å². The number of rotatable bonds is 5. The molecule has 2 nitrogen and oxygen atoms in total. The van der Waals surface area contributed by atoms with Gasteiger partial charge in [0, 0.05) is 13.5 Å². The van der Waals surface area contributed by atoms with Crippen LogP contribution in [0.5, 0.6) is 0 Å². The number of carbonyl (C=O) groups excluding carboxylic acids is 1. The van der Waals surface area contributed by atoms with E-state index in [9.17, 15) is 4.79 Å². The van der Waals surface area contributed by atoms with E-state index >= 15 is 0 Å². The zero-order chi connectivity index (χ0) is 8.91. The smallest absolute Gasteiger partial charge is 0.122 e. The minimum Gasteiger partial charge on any atom is -0.380 e. The molecule has 0 aromatic heterocycles. The Hall–Kier alpha value is -0.370. The highest BCUT2D eigenvalue weighted by molar-refractivity contribution is 5.50. The van der Waals surface area contributed by atoms with Gasteiger partial charge in [-0.1, -0.05) is 20.8 Å². The summed E-state index contributed by atoms with van der Waals surface area (Å²) in [6, 6.07) is 0. The number of hydrogen-bond acceptors (Lipinski definition) is 2. The lowest BCUT2D eigenvalue weighted by molar-refractivity contribution is -0.112. The first-order valence-corrected chi connectivity index (χ1v) is 4.05. The van der Waals surface area contributed by atoms with Crippen LogP contribution < -0.4 is 0 Å². The van der Waals surface area contributed by atoms with Gasteiger partial charge in [-0.3, -0.25) is 0 Å². The third-order valence-corrected chi connectivity index (χ3v) is 2.38. The van der Waals surface area contributed by atoms with Gasteiger partial charge in [0.25, 0.3) is 0 Å². The van der Waals surface area contributed by atoms with Gasteiger partial charge in [-0.2, -0.15) is 0 Å². The molecule has 0 aliphatic rings. The Kier molecular flexibility index (Phi) is 4.34. The van der Waals surface area contributed by atoms with Crippen molar-refractivity contribution in [1.29, 1.82) is 0 Å². The molecule has 0 aromatic carbocycles. The van der Waals surface area contributed by atoms with E-state index in [0.717, 1.165) is 12.7 Å². The highest BCUT2D eigenvalue weighted by Crippen LogP contribution is 2.28. The molecule has 0 saturated heterocycles. The first-order valence-electron chi connectivity index (χ1n) is 4.05. The number of aldehydes is 1. The quantitative estimate of drug-likeness (QED) is 0.572. The van der Waals surface area contributed by atoms with Crippen molar-refractivity contribution in [2.24, 2.45) is 5.41 Å². The van der Waals surface area contributed by atoms with Gasteiger partial charge in [0.15, 0.2) is 0 Å².